The second-order valence-corrected chi connectivity index (χ2v) is 4.26. The molecule has 1 rings (SSSR count). The second kappa shape index (κ2) is 4.20. The van der Waals surface area contributed by atoms with E-state index in [1.54, 1.807) is 0 Å². The summed E-state index contributed by atoms with van der Waals surface area (Å²) in [6.45, 7) is 0. The highest BCUT2D eigenvalue weighted by Gasteiger charge is 2.49. The number of hydrogen-bond acceptors (Lipinski definition) is 5. The number of amides is 1. The van der Waals surface area contributed by atoms with Crippen LogP contribution < -0.4 is 9.92 Å². The highest BCUT2D eigenvalue weighted by Crippen LogP contribution is 2.28. The van der Waals surface area contributed by atoms with Crippen LogP contribution in [0.5, 0.6) is 5.75 Å². The summed E-state index contributed by atoms with van der Waals surface area (Å²) in [6, 6.07) is 0.934. The molecule has 1 aromatic rings. The number of nitrogens with two attached hydrogens (primary N) is 1. The van der Waals surface area contributed by atoms with Crippen molar-refractivity contribution in [3.05, 3.63) is 24.0 Å². The molecule has 1 aromatic heterocycles. The van der Waals surface area contributed by atoms with Gasteiger partial charge in [0.15, 0.2) is 5.75 Å². The van der Waals surface area contributed by atoms with Gasteiger partial charge in [0.05, 0.1) is 11.8 Å². The van der Waals surface area contributed by atoms with Crippen LogP contribution in [0.2, 0.25) is 0 Å². The lowest BCUT2D eigenvalue weighted by Crippen LogP contribution is -2.29. The summed E-state index contributed by atoms with van der Waals surface area (Å²) in [5, 5.41) is 0. The molecular formula is C7H5F3N2O4S. The molecule has 0 radical (unpaired) electrons. The van der Waals surface area contributed by atoms with E-state index in [0.717, 1.165) is 12.3 Å². The van der Waals surface area contributed by atoms with Gasteiger partial charge in [-0.05, 0) is 6.07 Å². The molecule has 0 fully saturated rings. The standard InChI is InChI=1S/C7H5F3N2O4S/c8-7(9,10)17(14,15)16-5-3-12-2-1-4(5)6(11)13/h1-3H,(H2,11,13). The third-order valence-corrected chi connectivity index (χ3v) is 2.50. The van der Waals surface area contributed by atoms with Crippen LogP contribution in [0, 0.1) is 0 Å². The van der Waals surface area contributed by atoms with E-state index >= 15 is 0 Å². The molecule has 0 bridgehead atoms. The Morgan fingerprint density at radius 2 is 2.00 bits per heavy atom. The van der Waals surface area contributed by atoms with Gasteiger partial charge < -0.3 is 9.92 Å². The van der Waals surface area contributed by atoms with Gasteiger partial charge >= 0.3 is 15.6 Å². The first-order valence-corrected chi connectivity index (χ1v) is 5.30. The van der Waals surface area contributed by atoms with Crippen LogP contribution in [0.1, 0.15) is 10.4 Å². The van der Waals surface area contributed by atoms with E-state index in [1.165, 1.54) is 0 Å². The Bertz CT molecular complexity index is 540. The maximum absolute atomic E-state index is 12.0. The van der Waals surface area contributed by atoms with Gasteiger partial charge in [0, 0.05) is 6.20 Å². The quantitative estimate of drug-likeness (QED) is 0.633. The first-order valence-electron chi connectivity index (χ1n) is 3.90. The minimum Gasteiger partial charge on any atom is -0.374 e. The first-order chi connectivity index (χ1) is 7.65. The Kier molecular flexibility index (Phi) is 3.27. The van der Waals surface area contributed by atoms with Crippen LogP contribution in [-0.4, -0.2) is 24.8 Å². The molecule has 6 nitrogen and oxygen atoms in total. The van der Waals surface area contributed by atoms with Crippen molar-refractivity contribution in [2.75, 3.05) is 0 Å². The first kappa shape index (κ1) is 13.2. The van der Waals surface area contributed by atoms with Crippen LogP contribution >= 0.6 is 0 Å². The number of primary amides is 1. The molecule has 0 atom stereocenters. The molecule has 94 valence electrons. The average molecular weight is 270 g/mol. The summed E-state index contributed by atoms with van der Waals surface area (Å²) < 4.78 is 61.1. The fraction of sp³-hybridized carbons (Fsp3) is 0.143. The zero-order valence-electron chi connectivity index (χ0n) is 7.93. The molecule has 0 aliphatic heterocycles. The summed E-state index contributed by atoms with van der Waals surface area (Å²) in [5.74, 6) is -2.02. The molecule has 2 N–H and O–H groups in total. The lowest BCUT2D eigenvalue weighted by Gasteiger charge is -2.10. The van der Waals surface area contributed by atoms with Crippen molar-refractivity contribution in [3.63, 3.8) is 0 Å². The summed E-state index contributed by atoms with van der Waals surface area (Å²) in [5.41, 5.74) is -1.30. The number of hydrogen-bond donors (Lipinski definition) is 1. The van der Waals surface area contributed by atoms with Gasteiger partial charge in [0.1, 0.15) is 0 Å². The van der Waals surface area contributed by atoms with E-state index in [-0.39, 0.29) is 0 Å². The highest BCUT2D eigenvalue weighted by atomic mass is 32.2. The molecular weight excluding hydrogens is 265 g/mol. The van der Waals surface area contributed by atoms with Crippen molar-refractivity contribution in [2.45, 2.75) is 5.51 Å². The van der Waals surface area contributed by atoms with Gasteiger partial charge in [-0.25, -0.2) is 0 Å². The van der Waals surface area contributed by atoms with Crippen LogP contribution in [0.4, 0.5) is 13.2 Å². The van der Waals surface area contributed by atoms with Gasteiger partial charge in [0.2, 0.25) is 0 Å². The highest BCUT2D eigenvalue weighted by molar-refractivity contribution is 7.88. The van der Waals surface area contributed by atoms with Gasteiger partial charge in [-0.15, -0.1) is 0 Å². The van der Waals surface area contributed by atoms with Crippen LogP contribution in [0.3, 0.4) is 0 Å². The van der Waals surface area contributed by atoms with Gasteiger partial charge in [-0.1, -0.05) is 0 Å². The van der Waals surface area contributed by atoms with Crippen molar-refractivity contribution in [1.82, 2.24) is 4.98 Å². The van der Waals surface area contributed by atoms with Crippen molar-refractivity contribution < 1.29 is 30.6 Å². The number of aromatic nitrogens is 1. The Labute approximate surface area is 93.3 Å². The number of carbonyl (C=O) groups excluding carboxylic acids is 1. The average Bonchev–Trinajstić information content (AvgIpc) is 2.15. The Hall–Kier alpha value is -1.84. The minimum atomic E-state index is -5.85. The molecule has 0 saturated heterocycles. The normalized spacial score (nSPS) is 12.2. The van der Waals surface area contributed by atoms with E-state index in [2.05, 4.69) is 9.17 Å². The van der Waals surface area contributed by atoms with Crippen LogP contribution in [-0.2, 0) is 10.1 Å². The van der Waals surface area contributed by atoms with E-state index in [0.29, 0.717) is 6.20 Å². The molecule has 0 unspecified atom stereocenters. The molecule has 1 amide bonds. The zero-order chi connectivity index (χ0) is 13.3. The van der Waals surface area contributed by atoms with Gasteiger partial charge in [0.25, 0.3) is 5.91 Å². The number of rotatable bonds is 3. The Balaban J connectivity index is 3.18. The number of pyridine rings is 1. The van der Waals surface area contributed by atoms with E-state index in [4.69, 9.17) is 5.73 Å². The van der Waals surface area contributed by atoms with Crippen LogP contribution in [0.25, 0.3) is 0 Å². The third-order valence-electron chi connectivity index (χ3n) is 1.53. The number of carbonyl (C=O) groups is 1. The molecule has 0 aliphatic rings. The number of halogens is 3. The van der Waals surface area contributed by atoms with Crippen molar-refractivity contribution in [1.29, 1.82) is 0 Å². The monoisotopic (exact) mass is 270 g/mol. The lowest BCUT2D eigenvalue weighted by molar-refractivity contribution is -0.0500. The summed E-state index contributed by atoms with van der Waals surface area (Å²) in [7, 11) is -5.85. The molecule has 0 spiro atoms. The van der Waals surface area contributed by atoms with E-state index in [1.807, 2.05) is 0 Å². The van der Waals surface area contributed by atoms with Crippen molar-refractivity contribution in [2.24, 2.45) is 5.73 Å². The van der Waals surface area contributed by atoms with Gasteiger partial charge in [-0.2, -0.15) is 21.6 Å². The predicted molar refractivity (Wildman–Crippen MR) is 48.4 cm³/mol. The SMILES string of the molecule is NC(=O)c1ccncc1OS(=O)(=O)C(F)(F)F. The second-order valence-electron chi connectivity index (χ2n) is 2.72. The Morgan fingerprint density at radius 1 is 1.41 bits per heavy atom. The van der Waals surface area contributed by atoms with E-state index < -0.39 is 32.8 Å². The largest absolute Gasteiger partial charge is 0.534 e. The molecule has 10 heteroatoms. The molecule has 0 aliphatic carbocycles. The molecule has 0 aromatic carbocycles. The van der Waals surface area contributed by atoms with E-state index in [9.17, 15) is 26.4 Å². The summed E-state index contributed by atoms with van der Waals surface area (Å²) in [4.78, 5) is 14.1. The zero-order valence-corrected chi connectivity index (χ0v) is 8.75. The summed E-state index contributed by atoms with van der Waals surface area (Å²) >= 11 is 0. The van der Waals surface area contributed by atoms with Gasteiger partial charge in [-0.3, -0.25) is 9.78 Å². The topological polar surface area (TPSA) is 99.3 Å². The Morgan fingerprint density at radius 3 is 2.47 bits per heavy atom. The number of alkyl halides is 3. The summed E-state index contributed by atoms with van der Waals surface area (Å²) in [6.07, 6.45) is 1.69. The predicted octanol–water partition coefficient (Wildman–Crippen LogP) is 0.409. The molecule has 1 heterocycles. The number of nitrogens with zero attached hydrogens (tertiary/aromatic N) is 1. The fourth-order valence-electron chi connectivity index (χ4n) is 0.815. The van der Waals surface area contributed by atoms with Crippen LogP contribution in [0.15, 0.2) is 18.5 Å². The minimum absolute atomic E-state index is 0.521. The lowest BCUT2D eigenvalue weighted by atomic mass is 10.2. The smallest absolute Gasteiger partial charge is 0.374 e. The maximum atomic E-state index is 12.0. The fourth-order valence-corrected chi connectivity index (χ4v) is 1.28. The molecule has 17 heavy (non-hydrogen) atoms. The van der Waals surface area contributed by atoms with Crippen molar-refractivity contribution >= 4 is 16.0 Å². The third kappa shape index (κ3) is 2.84. The maximum Gasteiger partial charge on any atom is 0.534 e. The van der Waals surface area contributed by atoms with Crippen molar-refractivity contribution in [3.8, 4) is 5.75 Å². The molecule has 0 saturated carbocycles.